The number of benzene rings is 1. The molecule has 3 rings (SSSR count). The molecule has 0 unspecified atom stereocenters. The minimum atomic E-state index is -0.264. The highest BCUT2D eigenvalue weighted by molar-refractivity contribution is 5.99. The van der Waals surface area contributed by atoms with Crippen molar-refractivity contribution in [1.82, 2.24) is 10.3 Å². The van der Waals surface area contributed by atoms with E-state index in [1.165, 1.54) is 13.1 Å². The summed E-state index contributed by atoms with van der Waals surface area (Å²) in [6, 6.07) is 6.95. The number of carbonyl (C=O) groups excluding carboxylic acids is 2. The maximum atomic E-state index is 12.2. The number of H-pyrrole nitrogens is 1. The Morgan fingerprint density at radius 3 is 2.61 bits per heavy atom. The van der Waals surface area contributed by atoms with Gasteiger partial charge in [-0.3, -0.25) is 9.59 Å². The Morgan fingerprint density at radius 2 is 1.91 bits per heavy atom. The first kappa shape index (κ1) is 15.1. The molecule has 2 N–H and O–H groups in total. The number of aromatic amines is 1. The molecule has 0 spiro atoms. The first-order chi connectivity index (χ1) is 11.0. The fourth-order valence-corrected chi connectivity index (χ4v) is 2.42. The Hall–Kier alpha value is -2.76. The molecule has 120 valence electrons. The molecule has 2 aromatic rings. The maximum Gasteiger partial charge on any atom is 0.268 e. The van der Waals surface area contributed by atoms with Gasteiger partial charge in [0.15, 0.2) is 17.3 Å². The molecule has 0 fully saturated rings. The number of rotatable bonds is 4. The summed E-state index contributed by atoms with van der Waals surface area (Å²) >= 11 is 0. The topological polar surface area (TPSA) is 80.4 Å². The van der Waals surface area contributed by atoms with Crippen molar-refractivity contribution in [1.29, 1.82) is 0 Å². The summed E-state index contributed by atoms with van der Waals surface area (Å²) in [5.41, 5.74) is 1.77. The van der Waals surface area contributed by atoms with Crippen LogP contribution in [0.3, 0.4) is 0 Å². The van der Waals surface area contributed by atoms with Gasteiger partial charge in [-0.15, -0.1) is 0 Å². The zero-order valence-electron chi connectivity index (χ0n) is 13.0. The molecule has 0 saturated heterocycles. The highest BCUT2D eigenvalue weighted by atomic mass is 16.6. The van der Waals surface area contributed by atoms with Gasteiger partial charge in [-0.2, -0.15) is 0 Å². The SMILES string of the molecule is CC(=O)c1c[nH]c(C(=O)N[C@@H](C)c2ccc3c(c2)OCCO3)c1. The van der Waals surface area contributed by atoms with Crippen molar-refractivity contribution in [2.75, 3.05) is 13.2 Å². The molecule has 1 aromatic carbocycles. The zero-order valence-corrected chi connectivity index (χ0v) is 13.0. The van der Waals surface area contributed by atoms with Gasteiger partial charge >= 0.3 is 0 Å². The van der Waals surface area contributed by atoms with E-state index < -0.39 is 0 Å². The van der Waals surface area contributed by atoms with Crippen LogP contribution in [0.15, 0.2) is 30.5 Å². The van der Waals surface area contributed by atoms with Gasteiger partial charge in [0.1, 0.15) is 18.9 Å². The van der Waals surface area contributed by atoms with Crippen LogP contribution in [-0.2, 0) is 0 Å². The molecule has 1 amide bonds. The largest absolute Gasteiger partial charge is 0.486 e. The molecule has 1 aromatic heterocycles. The van der Waals surface area contributed by atoms with E-state index in [2.05, 4.69) is 10.3 Å². The number of nitrogens with one attached hydrogen (secondary N) is 2. The van der Waals surface area contributed by atoms with E-state index in [1.54, 1.807) is 6.07 Å². The number of amides is 1. The van der Waals surface area contributed by atoms with Gasteiger partial charge < -0.3 is 19.8 Å². The lowest BCUT2D eigenvalue weighted by atomic mass is 10.1. The number of fused-ring (bicyclic) bond motifs is 1. The molecular formula is C17H18N2O4. The van der Waals surface area contributed by atoms with Crippen LogP contribution < -0.4 is 14.8 Å². The van der Waals surface area contributed by atoms with Gasteiger partial charge in [-0.05, 0) is 37.6 Å². The van der Waals surface area contributed by atoms with Crippen LogP contribution in [0.25, 0.3) is 0 Å². The number of hydrogen-bond acceptors (Lipinski definition) is 4. The third-order valence-corrected chi connectivity index (χ3v) is 3.75. The van der Waals surface area contributed by atoms with Crippen molar-refractivity contribution >= 4 is 11.7 Å². The van der Waals surface area contributed by atoms with Gasteiger partial charge in [0.05, 0.1) is 6.04 Å². The van der Waals surface area contributed by atoms with E-state index >= 15 is 0 Å². The van der Waals surface area contributed by atoms with E-state index in [4.69, 9.17) is 9.47 Å². The minimum Gasteiger partial charge on any atom is -0.486 e. The highest BCUT2D eigenvalue weighted by Crippen LogP contribution is 2.32. The Balaban J connectivity index is 1.71. The van der Waals surface area contributed by atoms with Crippen molar-refractivity contribution in [3.8, 4) is 11.5 Å². The number of aromatic nitrogens is 1. The van der Waals surface area contributed by atoms with Crippen LogP contribution in [0.1, 0.15) is 46.3 Å². The molecule has 6 nitrogen and oxygen atoms in total. The maximum absolute atomic E-state index is 12.2. The van der Waals surface area contributed by atoms with Crippen molar-refractivity contribution in [3.05, 3.63) is 47.3 Å². The average molecular weight is 314 g/mol. The van der Waals surface area contributed by atoms with Crippen molar-refractivity contribution in [2.45, 2.75) is 19.9 Å². The molecule has 0 saturated carbocycles. The van der Waals surface area contributed by atoms with Crippen molar-refractivity contribution < 1.29 is 19.1 Å². The Kier molecular flexibility index (Phi) is 4.06. The Bertz CT molecular complexity index is 751. The van der Waals surface area contributed by atoms with Crippen LogP contribution in [-0.4, -0.2) is 29.9 Å². The lowest BCUT2D eigenvalue weighted by Gasteiger charge is -2.21. The quantitative estimate of drug-likeness (QED) is 0.850. The standard InChI is InChI=1S/C17H18N2O4/c1-10(12-3-4-15-16(8-12)23-6-5-22-15)19-17(21)14-7-13(9-18-14)11(2)20/h3-4,7-10,18H,5-6H2,1-2H3,(H,19,21)/t10-/m0/s1. The third-order valence-electron chi connectivity index (χ3n) is 3.75. The van der Waals surface area contributed by atoms with E-state index in [-0.39, 0.29) is 17.7 Å². The smallest absolute Gasteiger partial charge is 0.268 e. The van der Waals surface area contributed by atoms with E-state index in [0.717, 1.165) is 5.56 Å². The minimum absolute atomic E-state index is 0.0832. The predicted octanol–water partition coefficient (Wildman–Crippen LogP) is 2.48. The lowest BCUT2D eigenvalue weighted by Crippen LogP contribution is -2.27. The average Bonchev–Trinajstić information content (AvgIpc) is 3.04. The van der Waals surface area contributed by atoms with Crippen LogP contribution in [0.2, 0.25) is 0 Å². The fraction of sp³-hybridized carbons (Fsp3) is 0.294. The summed E-state index contributed by atoms with van der Waals surface area (Å²) in [4.78, 5) is 26.3. The van der Waals surface area contributed by atoms with Gasteiger partial charge in [-0.1, -0.05) is 6.07 Å². The number of ether oxygens (including phenoxy) is 2. The summed E-state index contributed by atoms with van der Waals surface area (Å²) in [7, 11) is 0. The molecule has 0 radical (unpaired) electrons. The highest BCUT2D eigenvalue weighted by Gasteiger charge is 2.17. The van der Waals surface area contributed by atoms with Crippen molar-refractivity contribution in [2.24, 2.45) is 0 Å². The number of carbonyl (C=O) groups is 2. The summed E-state index contributed by atoms with van der Waals surface area (Å²) in [6.45, 7) is 4.41. The molecule has 0 bridgehead atoms. The first-order valence-corrected chi connectivity index (χ1v) is 7.44. The van der Waals surface area contributed by atoms with Gasteiger partial charge in [0.25, 0.3) is 5.91 Å². The van der Waals surface area contributed by atoms with Crippen LogP contribution in [0.4, 0.5) is 0 Å². The molecule has 1 atom stereocenters. The summed E-state index contributed by atoms with van der Waals surface area (Å²) in [5, 5.41) is 2.89. The number of hydrogen-bond donors (Lipinski definition) is 2. The molecule has 6 heteroatoms. The Labute approximate surface area is 133 Å². The molecular weight excluding hydrogens is 296 g/mol. The molecule has 2 heterocycles. The molecule has 1 aliphatic rings. The van der Waals surface area contributed by atoms with E-state index in [9.17, 15) is 9.59 Å². The molecule has 23 heavy (non-hydrogen) atoms. The Morgan fingerprint density at radius 1 is 1.17 bits per heavy atom. The third kappa shape index (κ3) is 3.21. The number of Topliss-reactive ketones (excluding diaryl/α,β-unsaturated/α-hetero) is 1. The fourth-order valence-electron chi connectivity index (χ4n) is 2.42. The van der Waals surface area contributed by atoms with Gasteiger partial charge in [-0.25, -0.2) is 0 Å². The van der Waals surface area contributed by atoms with Gasteiger partial charge in [0.2, 0.25) is 0 Å². The predicted molar refractivity (Wildman–Crippen MR) is 84.1 cm³/mol. The van der Waals surface area contributed by atoms with Crippen LogP contribution >= 0.6 is 0 Å². The normalized spacial score (nSPS) is 14.2. The molecule has 1 aliphatic heterocycles. The van der Waals surface area contributed by atoms with Crippen LogP contribution in [0.5, 0.6) is 11.5 Å². The lowest BCUT2D eigenvalue weighted by molar-refractivity contribution is 0.0935. The number of ketones is 1. The molecule has 0 aliphatic carbocycles. The van der Waals surface area contributed by atoms with Crippen molar-refractivity contribution in [3.63, 3.8) is 0 Å². The monoisotopic (exact) mass is 314 g/mol. The zero-order chi connectivity index (χ0) is 16.4. The second-order valence-corrected chi connectivity index (χ2v) is 5.46. The second kappa shape index (κ2) is 6.16. The second-order valence-electron chi connectivity index (χ2n) is 5.46. The first-order valence-electron chi connectivity index (χ1n) is 7.44. The summed E-state index contributed by atoms with van der Waals surface area (Å²) in [6.07, 6.45) is 1.53. The van der Waals surface area contributed by atoms with E-state index in [0.29, 0.717) is 36.0 Å². The summed E-state index contributed by atoms with van der Waals surface area (Å²) in [5.74, 6) is 1.06. The summed E-state index contributed by atoms with van der Waals surface area (Å²) < 4.78 is 11.0. The van der Waals surface area contributed by atoms with Gasteiger partial charge in [0, 0.05) is 11.8 Å². The van der Waals surface area contributed by atoms with Crippen LogP contribution in [0, 0.1) is 0 Å². The van der Waals surface area contributed by atoms with E-state index in [1.807, 2.05) is 25.1 Å².